The monoisotopic (exact) mass is 277 g/mol. The molecular weight excluding hydrogens is 262 g/mol. The Morgan fingerprint density at radius 3 is 3.05 bits per heavy atom. The van der Waals surface area contributed by atoms with Gasteiger partial charge in [-0.05, 0) is 47.9 Å². The molecule has 0 aromatic heterocycles. The van der Waals surface area contributed by atoms with Gasteiger partial charge in [0.2, 0.25) is 0 Å². The quantitative estimate of drug-likeness (QED) is 0.811. The highest BCUT2D eigenvalue weighted by atomic mass is 16.5. The van der Waals surface area contributed by atoms with Crippen molar-refractivity contribution in [3.8, 4) is 5.75 Å². The average Bonchev–Trinajstić information content (AvgIpc) is 3.04. The van der Waals surface area contributed by atoms with E-state index in [1.54, 1.807) is 0 Å². The molecule has 2 aliphatic heterocycles. The maximum Gasteiger partial charge on any atom is 0.256 e. The van der Waals surface area contributed by atoms with Crippen LogP contribution in [0.5, 0.6) is 5.75 Å². The topological polar surface area (TPSA) is 38.3 Å². The largest absolute Gasteiger partial charge is 0.493 e. The van der Waals surface area contributed by atoms with E-state index in [2.05, 4.69) is 11.4 Å². The van der Waals surface area contributed by atoms with Crippen molar-refractivity contribution in [1.29, 1.82) is 0 Å². The van der Waals surface area contributed by atoms with E-state index in [4.69, 9.17) is 4.74 Å². The highest BCUT2D eigenvalue weighted by Crippen LogP contribution is 2.36. The van der Waals surface area contributed by atoms with Crippen LogP contribution < -0.4 is 10.1 Å². The minimum Gasteiger partial charge on any atom is -0.493 e. The van der Waals surface area contributed by atoms with E-state index < -0.39 is 0 Å². The number of benzene rings is 2. The van der Waals surface area contributed by atoms with Crippen molar-refractivity contribution >= 4 is 23.2 Å². The Bertz CT molecular complexity index is 790. The van der Waals surface area contributed by atoms with Gasteiger partial charge in [0.1, 0.15) is 5.75 Å². The lowest BCUT2D eigenvalue weighted by molar-refractivity contribution is -0.110. The standard InChI is InChI=1S/C18H15NO2/c1-11-3-2-4-15-17(11)14(18(20)19-15)10-12-5-6-16-13(9-12)7-8-21-16/h2-6,9-10H,7-8H2,1H3,(H,19,20). The van der Waals surface area contributed by atoms with E-state index in [0.29, 0.717) is 0 Å². The van der Waals surface area contributed by atoms with Crippen molar-refractivity contribution in [2.24, 2.45) is 0 Å². The van der Waals surface area contributed by atoms with Crippen LogP contribution in [0.15, 0.2) is 36.4 Å². The highest BCUT2D eigenvalue weighted by molar-refractivity contribution is 6.35. The SMILES string of the molecule is Cc1cccc2c1C(=Cc1ccc3c(c1)CCO3)C(=O)N2. The summed E-state index contributed by atoms with van der Waals surface area (Å²) in [6, 6.07) is 12.0. The number of fused-ring (bicyclic) bond motifs is 2. The minimum absolute atomic E-state index is 0.0314. The van der Waals surface area contributed by atoms with Gasteiger partial charge in [-0.1, -0.05) is 18.2 Å². The second-order valence-corrected chi connectivity index (χ2v) is 5.48. The Balaban J connectivity index is 1.82. The lowest BCUT2D eigenvalue weighted by Gasteiger charge is -2.04. The Morgan fingerprint density at radius 2 is 2.14 bits per heavy atom. The van der Waals surface area contributed by atoms with Gasteiger partial charge in [-0.15, -0.1) is 0 Å². The van der Waals surface area contributed by atoms with Gasteiger partial charge >= 0.3 is 0 Å². The van der Waals surface area contributed by atoms with Gasteiger partial charge in [0, 0.05) is 23.2 Å². The molecule has 0 fully saturated rings. The zero-order valence-corrected chi connectivity index (χ0v) is 11.8. The van der Waals surface area contributed by atoms with Crippen LogP contribution in [0.25, 0.3) is 11.6 Å². The van der Waals surface area contributed by atoms with Crippen LogP contribution in [0.2, 0.25) is 0 Å². The van der Waals surface area contributed by atoms with Crippen LogP contribution in [0.4, 0.5) is 5.69 Å². The molecule has 0 spiro atoms. The van der Waals surface area contributed by atoms with E-state index in [9.17, 15) is 4.79 Å². The molecule has 2 aromatic carbocycles. The molecule has 0 bridgehead atoms. The third-order valence-electron chi connectivity index (χ3n) is 4.06. The summed E-state index contributed by atoms with van der Waals surface area (Å²) >= 11 is 0. The molecule has 0 unspecified atom stereocenters. The van der Waals surface area contributed by atoms with Gasteiger partial charge in [-0.2, -0.15) is 0 Å². The molecule has 1 N–H and O–H groups in total. The van der Waals surface area contributed by atoms with Crippen LogP contribution in [-0.2, 0) is 11.2 Å². The lowest BCUT2D eigenvalue weighted by atomic mass is 9.98. The van der Waals surface area contributed by atoms with Gasteiger partial charge in [0.25, 0.3) is 5.91 Å². The van der Waals surface area contributed by atoms with Gasteiger partial charge in [0.05, 0.1) is 6.61 Å². The first kappa shape index (κ1) is 12.2. The third-order valence-corrected chi connectivity index (χ3v) is 4.06. The molecule has 2 aliphatic rings. The number of nitrogens with one attached hydrogen (secondary N) is 1. The number of carbonyl (C=O) groups is 1. The first-order chi connectivity index (χ1) is 10.2. The molecular formula is C18H15NO2. The summed E-state index contributed by atoms with van der Waals surface area (Å²) in [4.78, 5) is 12.2. The Hall–Kier alpha value is -2.55. The van der Waals surface area contributed by atoms with Crippen LogP contribution in [0.1, 0.15) is 22.3 Å². The number of aryl methyl sites for hydroxylation is 1. The lowest BCUT2D eigenvalue weighted by Crippen LogP contribution is -2.03. The normalized spacial score (nSPS) is 17.4. The third kappa shape index (κ3) is 1.93. The predicted octanol–water partition coefficient (Wildman–Crippen LogP) is 3.42. The molecule has 3 nitrogen and oxygen atoms in total. The van der Waals surface area contributed by atoms with Crippen LogP contribution in [0, 0.1) is 6.92 Å². The zero-order valence-electron chi connectivity index (χ0n) is 11.8. The van der Waals surface area contributed by atoms with Gasteiger partial charge < -0.3 is 10.1 Å². The predicted molar refractivity (Wildman–Crippen MR) is 83.3 cm³/mol. The van der Waals surface area contributed by atoms with Crippen molar-refractivity contribution in [3.05, 3.63) is 58.7 Å². The molecule has 2 aromatic rings. The van der Waals surface area contributed by atoms with Crippen molar-refractivity contribution < 1.29 is 9.53 Å². The number of carbonyl (C=O) groups excluding carboxylic acids is 1. The molecule has 4 rings (SSSR count). The first-order valence-corrected chi connectivity index (χ1v) is 7.11. The summed E-state index contributed by atoms with van der Waals surface area (Å²) in [7, 11) is 0. The molecule has 0 aliphatic carbocycles. The number of rotatable bonds is 1. The molecule has 104 valence electrons. The van der Waals surface area contributed by atoms with E-state index in [0.717, 1.165) is 46.7 Å². The molecule has 1 amide bonds. The van der Waals surface area contributed by atoms with Crippen LogP contribution in [-0.4, -0.2) is 12.5 Å². The van der Waals surface area contributed by atoms with E-state index in [1.807, 2.05) is 43.3 Å². The number of amides is 1. The maximum atomic E-state index is 12.2. The van der Waals surface area contributed by atoms with Crippen LogP contribution in [0.3, 0.4) is 0 Å². The molecule has 0 saturated heterocycles. The summed E-state index contributed by atoms with van der Waals surface area (Å²) in [5, 5.41) is 2.93. The van der Waals surface area contributed by atoms with Crippen LogP contribution >= 0.6 is 0 Å². The first-order valence-electron chi connectivity index (χ1n) is 7.11. The molecule has 0 atom stereocenters. The average molecular weight is 277 g/mol. The maximum absolute atomic E-state index is 12.2. The van der Waals surface area contributed by atoms with E-state index in [1.165, 1.54) is 5.56 Å². The molecule has 3 heteroatoms. The van der Waals surface area contributed by atoms with Crippen molar-refractivity contribution in [1.82, 2.24) is 0 Å². The van der Waals surface area contributed by atoms with E-state index >= 15 is 0 Å². The Morgan fingerprint density at radius 1 is 1.24 bits per heavy atom. The summed E-state index contributed by atoms with van der Waals surface area (Å²) < 4.78 is 5.52. The van der Waals surface area contributed by atoms with E-state index in [-0.39, 0.29) is 5.91 Å². The van der Waals surface area contributed by atoms with Crippen molar-refractivity contribution in [2.45, 2.75) is 13.3 Å². The van der Waals surface area contributed by atoms with Crippen molar-refractivity contribution in [3.63, 3.8) is 0 Å². The summed E-state index contributed by atoms with van der Waals surface area (Å²) in [6.45, 7) is 2.78. The number of ether oxygens (including phenoxy) is 1. The molecule has 0 saturated carbocycles. The highest BCUT2D eigenvalue weighted by Gasteiger charge is 2.25. The van der Waals surface area contributed by atoms with Crippen molar-refractivity contribution in [2.75, 3.05) is 11.9 Å². The molecule has 21 heavy (non-hydrogen) atoms. The smallest absolute Gasteiger partial charge is 0.256 e. The second-order valence-electron chi connectivity index (χ2n) is 5.48. The molecule has 2 heterocycles. The zero-order chi connectivity index (χ0) is 14.4. The summed E-state index contributed by atoms with van der Waals surface area (Å²) in [5.74, 6) is 0.931. The van der Waals surface area contributed by atoms with Gasteiger partial charge in [-0.25, -0.2) is 0 Å². The number of hydrogen-bond acceptors (Lipinski definition) is 2. The van der Waals surface area contributed by atoms with Gasteiger partial charge in [-0.3, -0.25) is 4.79 Å². The Labute approximate surface area is 123 Å². The Kier molecular flexibility index (Phi) is 2.61. The molecule has 0 radical (unpaired) electrons. The second kappa shape index (κ2) is 4.48. The number of hydrogen-bond donors (Lipinski definition) is 1. The summed E-state index contributed by atoms with van der Waals surface area (Å²) in [6.07, 6.45) is 2.90. The fourth-order valence-corrected chi connectivity index (χ4v) is 3.03. The summed E-state index contributed by atoms with van der Waals surface area (Å²) in [5.41, 5.74) is 6.02. The fourth-order valence-electron chi connectivity index (χ4n) is 3.03. The number of anilines is 1. The fraction of sp³-hybridized carbons (Fsp3) is 0.167. The van der Waals surface area contributed by atoms with Gasteiger partial charge in [0.15, 0.2) is 0 Å². The minimum atomic E-state index is -0.0314.